The van der Waals surface area contributed by atoms with Crippen LogP contribution in [0.25, 0.3) is 0 Å². The van der Waals surface area contributed by atoms with Crippen molar-refractivity contribution in [3.63, 3.8) is 0 Å². The van der Waals surface area contributed by atoms with Gasteiger partial charge in [-0.15, -0.1) is 0 Å². The monoisotopic (exact) mass is 462 g/mol. The molecule has 33 heavy (non-hydrogen) atoms. The summed E-state index contributed by atoms with van der Waals surface area (Å²) in [6.07, 6.45) is -2.30. The summed E-state index contributed by atoms with van der Waals surface area (Å²) in [6.45, 7) is 6.86. The largest absolute Gasteiger partial charge is 0.416 e. The van der Waals surface area contributed by atoms with Gasteiger partial charge in [0, 0.05) is 31.6 Å². The molecule has 2 bridgehead atoms. The zero-order valence-corrected chi connectivity index (χ0v) is 19.1. The summed E-state index contributed by atoms with van der Waals surface area (Å²) in [5, 5.41) is 9.26. The molecule has 0 aromatic heterocycles. The van der Waals surface area contributed by atoms with Crippen LogP contribution in [0.15, 0.2) is 18.2 Å². The Balaban J connectivity index is 1.44. The fourth-order valence-corrected chi connectivity index (χ4v) is 5.65. The molecule has 3 saturated heterocycles. The maximum absolute atomic E-state index is 13.3. The van der Waals surface area contributed by atoms with Crippen LogP contribution in [-0.2, 0) is 15.8 Å². The van der Waals surface area contributed by atoms with Gasteiger partial charge in [0.2, 0.25) is 11.8 Å². The van der Waals surface area contributed by atoms with Crippen molar-refractivity contribution in [1.29, 1.82) is 5.26 Å². The number of carbonyl (C=O) groups excluding carboxylic acids is 2. The summed E-state index contributed by atoms with van der Waals surface area (Å²) in [6, 6.07) is 4.87. The van der Waals surface area contributed by atoms with E-state index in [4.69, 9.17) is 0 Å². The van der Waals surface area contributed by atoms with E-state index < -0.39 is 17.8 Å². The highest BCUT2D eigenvalue weighted by atomic mass is 19.4. The van der Waals surface area contributed by atoms with Crippen LogP contribution in [-0.4, -0.2) is 64.3 Å². The fraction of sp³-hybridized carbons (Fsp3) is 0.625. The Morgan fingerprint density at radius 2 is 2.00 bits per heavy atom. The summed E-state index contributed by atoms with van der Waals surface area (Å²) in [4.78, 5) is 31.4. The van der Waals surface area contributed by atoms with Gasteiger partial charge in [-0.2, -0.15) is 18.4 Å². The maximum atomic E-state index is 13.3. The number of piperazine rings is 1. The summed E-state index contributed by atoms with van der Waals surface area (Å²) in [5.41, 5.74) is 0.289. The van der Waals surface area contributed by atoms with E-state index in [9.17, 15) is 28.0 Å². The van der Waals surface area contributed by atoms with Gasteiger partial charge in [0.15, 0.2) is 0 Å². The fourth-order valence-electron chi connectivity index (χ4n) is 5.65. The van der Waals surface area contributed by atoms with Crippen LogP contribution in [0.3, 0.4) is 0 Å². The molecule has 3 fully saturated rings. The van der Waals surface area contributed by atoms with E-state index in [2.05, 4.69) is 6.07 Å². The zero-order valence-electron chi connectivity index (χ0n) is 19.1. The molecule has 0 saturated carbocycles. The van der Waals surface area contributed by atoms with E-state index in [1.165, 1.54) is 0 Å². The lowest BCUT2D eigenvalue weighted by Gasteiger charge is -2.38. The van der Waals surface area contributed by atoms with E-state index >= 15 is 0 Å². The number of hydrogen-bond donors (Lipinski definition) is 0. The third-order valence-corrected chi connectivity index (χ3v) is 7.26. The van der Waals surface area contributed by atoms with Gasteiger partial charge in [0.05, 0.1) is 23.7 Å². The van der Waals surface area contributed by atoms with E-state index in [-0.39, 0.29) is 35.9 Å². The molecular weight excluding hydrogens is 433 g/mol. The first kappa shape index (κ1) is 23.6. The molecule has 1 unspecified atom stereocenters. The molecule has 3 aliphatic heterocycles. The highest BCUT2D eigenvalue weighted by Gasteiger charge is 2.51. The second-order valence-corrected chi connectivity index (χ2v) is 9.63. The minimum atomic E-state index is -4.44. The number of alkyl halides is 3. The van der Waals surface area contributed by atoms with Crippen molar-refractivity contribution < 1.29 is 22.8 Å². The van der Waals surface area contributed by atoms with Crippen molar-refractivity contribution in [2.24, 2.45) is 5.92 Å². The Kier molecular flexibility index (Phi) is 6.16. The molecular formula is C24H29F3N4O2. The number of carbonyl (C=O) groups is 2. The molecule has 3 aliphatic rings. The van der Waals surface area contributed by atoms with Crippen molar-refractivity contribution in [3.8, 4) is 6.07 Å². The number of halogens is 3. The third kappa shape index (κ3) is 4.33. The van der Waals surface area contributed by atoms with Crippen LogP contribution < -0.4 is 0 Å². The molecule has 9 heteroatoms. The van der Waals surface area contributed by atoms with Gasteiger partial charge in [-0.05, 0) is 50.8 Å². The van der Waals surface area contributed by atoms with Crippen molar-refractivity contribution in [2.45, 2.75) is 70.4 Å². The lowest BCUT2D eigenvalue weighted by atomic mass is 9.99. The minimum Gasteiger partial charge on any atom is -0.330 e. The number of hydrogen-bond acceptors (Lipinski definition) is 4. The zero-order chi connectivity index (χ0) is 24.1. The van der Waals surface area contributed by atoms with Gasteiger partial charge < -0.3 is 9.80 Å². The molecule has 6 nitrogen and oxygen atoms in total. The standard InChI is InChI=1S/C24H29F3N4O2/c1-14-7-17(9-18(8-14)24(25,26)27)16(3)31-20-10-21(23(31)33)29(13-20)12-15(2)22(32)30-6-4-5-19(30)11-28/h7-9,15-16,19-21H,4-6,10,12-13H2,1-3H3/t15-,16-,19-,20?,21+/m0/s1. The highest BCUT2D eigenvalue weighted by Crippen LogP contribution is 2.40. The van der Waals surface area contributed by atoms with Crippen LogP contribution in [0, 0.1) is 24.2 Å². The lowest BCUT2D eigenvalue weighted by molar-refractivity contribution is -0.142. The van der Waals surface area contributed by atoms with E-state index in [1.54, 1.807) is 29.7 Å². The average molecular weight is 463 g/mol. The smallest absolute Gasteiger partial charge is 0.330 e. The van der Waals surface area contributed by atoms with Gasteiger partial charge >= 0.3 is 6.18 Å². The maximum Gasteiger partial charge on any atom is 0.416 e. The Bertz CT molecular complexity index is 989. The Morgan fingerprint density at radius 3 is 2.64 bits per heavy atom. The van der Waals surface area contributed by atoms with Gasteiger partial charge in [0.25, 0.3) is 0 Å². The Hall–Kier alpha value is -2.60. The third-order valence-electron chi connectivity index (χ3n) is 7.26. The number of aryl methyl sites for hydroxylation is 1. The molecule has 0 radical (unpaired) electrons. The predicted octanol–water partition coefficient (Wildman–Crippen LogP) is 3.51. The normalized spacial score (nSPS) is 27.2. The number of rotatable bonds is 5. The summed E-state index contributed by atoms with van der Waals surface area (Å²) >= 11 is 0. The first-order valence-electron chi connectivity index (χ1n) is 11.5. The molecule has 1 aromatic carbocycles. The summed E-state index contributed by atoms with van der Waals surface area (Å²) < 4.78 is 39.8. The number of benzene rings is 1. The number of nitrogens with zero attached hydrogens (tertiary/aromatic N) is 4. The van der Waals surface area contributed by atoms with Crippen LogP contribution >= 0.6 is 0 Å². The lowest BCUT2D eigenvalue weighted by Crippen LogP contribution is -2.53. The van der Waals surface area contributed by atoms with E-state index in [0.717, 1.165) is 18.6 Å². The second kappa shape index (κ2) is 8.64. The molecule has 4 rings (SSSR count). The molecule has 5 atom stereocenters. The van der Waals surface area contributed by atoms with Gasteiger partial charge in [0.1, 0.15) is 6.04 Å². The van der Waals surface area contributed by atoms with Gasteiger partial charge in [-0.3, -0.25) is 14.5 Å². The minimum absolute atomic E-state index is 0.0565. The summed E-state index contributed by atoms with van der Waals surface area (Å²) in [5.74, 6) is -0.480. The van der Waals surface area contributed by atoms with Gasteiger partial charge in [-0.1, -0.05) is 18.6 Å². The quantitative estimate of drug-likeness (QED) is 0.672. The molecule has 2 amide bonds. The van der Waals surface area contributed by atoms with Crippen molar-refractivity contribution in [3.05, 3.63) is 34.9 Å². The van der Waals surface area contributed by atoms with Crippen molar-refractivity contribution in [1.82, 2.24) is 14.7 Å². The number of likely N-dealkylation sites (tertiary alicyclic amines) is 3. The second-order valence-electron chi connectivity index (χ2n) is 9.63. The van der Waals surface area contributed by atoms with Crippen LogP contribution in [0.1, 0.15) is 55.8 Å². The average Bonchev–Trinajstić information content (AvgIpc) is 3.46. The number of nitriles is 1. The van der Waals surface area contributed by atoms with Crippen molar-refractivity contribution >= 4 is 11.8 Å². The molecule has 3 heterocycles. The number of fused-ring (bicyclic) bond motifs is 2. The Labute approximate surface area is 191 Å². The van der Waals surface area contributed by atoms with E-state index in [0.29, 0.717) is 43.6 Å². The van der Waals surface area contributed by atoms with Crippen LogP contribution in [0.2, 0.25) is 0 Å². The molecule has 0 N–H and O–H groups in total. The van der Waals surface area contributed by atoms with Gasteiger partial charge in [-0.25, -0.2) is 0 Å². The Morgan fingerprint density at radius 1 is 1.27 bits per heavy atom. The predicted molar refractivity (Wildman–Crippen MR) is 115 cm³/mol. The SMILES string of the molecule is Cc1cc([C@H](C)N2C(=O)[C@H]3CC2CN3C[C@H](C)C(=O)N2CCC[C@H]2C#N)cc(C(F)(F)F)c1. The first-order valence-corrected chi connectivity index (χ1v) is 11.5. The van der Waals surface area contributed by atoms with Crippen LogP contribution in [0.5, 0.6) is 0 Å². The topological polar surface area (TPSA) is 67.7 Å². The number of amides is 2. The van der Waals surface area contributed by atoms with Crippen LogP contribution in [0.4, 0.5) is 13.2 Å². The molecule has 1 aromatic rings. The molecule has 0 spiro atoms. The van der Waals surface area contributed by atoms with E-state index in [1.807, 2.05) is 11.8 Å². The first-order chi connectivity index (χ1) is 15.5. The molecule has 178 valence electrons. The summed E-state index contributed by atoms with van der Waals surface area (Å²) in [7, 11) is 0. The molecule has 0 aliphatic carbocycles. The highest BCUT2D eigenvalue weighted by molar-refractivity contribution is 5.86. The van der Waals surface area contributed by atoms with Crippen molar-refractivity contribution in [2.75, 3.05) is 19.6 Å².